The second-order valence-corrected chi connectivity index (χ2v) is 6.45. The predicted octanol–water partition coefficient (Wildman–Crippen LogP) is 2.67. The van der Waals surface area contributed by atoms with Crippen LogP contribution in [0.3, 0.4) is 0 Å². The Bertz CT molecular complexity index is 236. The van der Waals surface area contributed by atoms with Crippen LogP contribution in [0.2, 0.25) is 0 Å². The molecular weight excluding hydrogens is 206 g/mol. The van der Waals surface area contributed by atoms with Crippen LogP contribution in [0, 0.1) is 0 Å². The fourth-order valence-electron chi connectivity index (χ4n) is 2.57. The molecular formula is C12H21NOS. The normalized spacial score (nSPS) is 28.3. The third-order valence-electron chi connectivity index (χ3n) is 3.47. The smallest absolute Gasteiger partial charge is 0.235 e. The van der Waals surface area contributed by atoms with Gasteiger partial charge in [-0.2, -0.15) is 0 Å². The van der Waals surface area contributed by atoms with Crippen molar-refractivity contribution >= 4 is 17.7 Å². The van der Waals surface area contributed by atoms with Gasteiger partial charge >= 0.3 is 0 Å². The lowest BCUT2D eigenvalue weighted by Gasteiger charge is -2.21. The summed E-state index contributed by atoms with van der Waals surface area (Å²) in [6, 6.07) is 0.381. The molecule has 1 saturated heterocycles. The molecule has 86 valence electrons. The highest BCUT2D eigenvalue weighted by Gasteiger charge is 2.35. The van der Waals surface area contributed by atoms with E-state index in [1.807, 2.05) is 16.7 Å². The van der Waals surface area contributed by atoms with Crippen molar-refractivity contribution in [3.05, 3.63) is 0 Å². The first-order valence-electron chi connectivity index (χ1n) is 6.14. The number of likely N-dealkylation sites (tertiary alicyclic amines) is 1. The lowest BCUT2D eigenvalue weighted by molar-refractivity contribution is -0.128. The fourth-order valence-corrected chi connectivity index (χ4v) is 4.13. The topological polar surface area (TPSA) is 20.3 Å². The Labute approximate surface area is 96.8 Å². The molecule has 1 atom stereocenters. The van der Waals surface area contributed by atoms with Gasteiger partial charge in [0.2, 0.25) is 5.91 Å². The monoisotopic (exact) mass is 227 g/mol. The molecule has 1 aliphatic heterocycles. The summed E-state index contributed by atoms with van der Waals surface area (Å²) in [6.45, 7) is 5.20. The number of hydrogen-bond donors (Lipinski definition) is 0. The minimum Gasteiger partial charge on any atom is -0.339 e. The standard InChI is InChI=1S/C12H21NOS/c1-9(2)13-8-7-11(12(13)14)15-10-5-3-4-6-10/h9-11H,3-8H2,1-2H3. The van der Waals surface area contributed by atoms with Crippen molar-refractivity contribution in [3.8, 4) is 0 Å². The van der Waals surface area contributed by atoms with Gasteiger partial charge in [-0.25, -0.2) is 0 Å². The van der Waals surface area contributed by atoms with Gasteiger partial charge in [0, 0.05) is 17.8 Å². The molecule has 1 heterocycles. The van der Waals surface area contributed by atoms with E-state index in [9.17, 15) is 4.79 Å². The highest BCUT2D eigenvalue weighted by Crippen LogP contribution is 2.36. The van der Waals surface area contributed by atoms with Crippen LogP contribution < -0.4 is 0 Å². The summed E-state index contributed by atoms with van der Waals surface area (Å²) in [5, 5.41) is 1.04. The van der Waals surface area contributed by atoms with Crippen LogP contribution in [0.5, 0.6) is 0 Å². The van der Waals surface area contributed by atoms with Crippen molar-refractivity contribution in [2.75, 3.05) is 6.54 Å². The maximum atomic E-state index is 12.0. The lowest BCUT2D eigenvalue weighted by Crippen LogP contribution is -2.34. The van der Waals surface area contributed by atoms with E-state index in [-0.39, 0.29) is 5.25 Å². The van der Waals surface area contributed by atoms with Crippen molar-refractivity contribution < 1.29 is 4.79 Å². The molecule has 1 unspecified atom stereocenters. The van der Waals surface area contributed by atoms with Crippen molar-refractivity contribution in [1.29, 1.82) is 0 Å². The number of thioether (sulfide) groups is 1. The van der Waals surface area contributed by atoms with Gasteiger partial charge in [-0.3, -0.25) is 4.79 Å². The quantitative estimate of drug-likeness (QED) is 0.739. The van der Waals surface area contributed by atoms with Gasteiger partial charge < -0.3 is 4.90 Å². The molecule has 2 aliphatic rings. The van der Waals surface area contributed by atoms with Gasteiger partial charge in [-0.1, -0.05) is 12.8 Å². The van der Waals surface area contributed by atoms with E-state index in [0.717, 1.165) is 18.2 Å². The molecule has 0 N–H and O–H groups in total. The number of hydrogen-bond acceptors (Lipinski definition) is 2. The summed E-state index contributed by atoms with van der Waals surface area (Å²) < 4.78 is 0. The zero-order valence-electron chi connectivity index (χ0n) is 9.74. The van der Waals surface area contributed by atoms with E-state index in [0.29, 0.717) is 11.9 Å². The van der Waals surface area contributed by atoms with E-state index in [4.69, 9.17) is 0 Å². The van der Waals surface area contributed by atoms with Crippen molar-refractivity contribution in [2.45, 2.75) is 62.5 Å². The summed E-state index contributed by atoms with van der Waals surface area (Å²) in [5.41, 5.74) is 0. The van der Waals surface area contributed by atoms with Crippen molar-refractivity contribution in [2.24, 2.45) is 0 Å². The Morgan fingerprint density at radius 2 is 1.93 bits per heavy atom. The third-order valence-corrected chi connectivity index (χ3v) is 5.10. The minimum absolute atomic E-state index is 0.274. The average Bonchev–Trinajstić information content (AvgIpc) is 2.78. The second-order valence-electron chi connectivity index (χ2n) is 4.95. The Morgan fingerprint density at radius 3 is 2.47 bits per heavy atom. The zero-order chi connectivity index (χ0) is 10.8. The largest absolute Gasteiger partial charge is 0.339 e. The first-order valence-corrected chi connectivity index (χ1v) is 7.08. The minimum atomic E-state index is 0.274. The predicted molar refractivity (Wildman–Crippen MR) is 65.1 cm³/mol. The van der Waals surface area contributed by atoms with E-state index in [1.54, 1.807) is 0 Å². The highest BCUT2D eigenvalue weighted by molar-refractivity contribution is 8.01. The number of carbonyl (C=O) groups is 1. The number of nitrogens with zero attached hydrogens (tertiary/aromatic N) is 1. The van der Waals surface area contributed by atoms with E-state index in [2.05, 4.69) is 13.8 Å². The van der Waals surface area contributed by atoms with E-state index < -0.39 is 0 Å². The van der Waals surface area contributed by atoms with E-state index >= 15 is 0 Å². The van der Waals surface area contributed by atoms with Crippen molar-refractivity contribution in [1.82, 2.24) is 4.90 Å². The van der Waals surface area contributed by atoms with Gasteiger partial charge in [0.25, 0.3) is 0 Å². The summed E-state index contributed by atoms with van der Waals surface area (Å²) in [4.78, 5) is 14.1. The number of amides is 1. The van der Waals surface area contributed by atoms with Gasteiger partial charge in [0.15, 0.2) is 0 Å². The maximum Gasteiger partial charge on any atom is 0.235 e. The molecule has 3 heteroatoms. The molecule has 0 spiro atoms. The van der Waals surface area contributed by atoms with Gasteiger partial charge in [0.1, 0.15) is 0 Å². The molecule has 1 aliphatic carbocycles. The number of rotatable bonds is 3. The van der Waals surface area contributed by atoms with Crippen LogP contribution in [-0.4, -0.2) is 33.9 Å². The second kappa shape index (κ2) is 4.77. The van der Waals surface area contributed by atoms with Crippen LogP contribution >= 0.6 is 11.8 Å². The molecule has 0 radical (unpaired) electrons. The van der Waals surface area contributed by atoms with Crippen LogP contribution in [0.25, 0.3) is 0 Å². The summed E-state index contributed by atoms with van der Waals surface area (Å²) in [6.07, 6.45) is 6.46. The molecule has 2 rings (SSSR count). The first-order chi connectivity index (χ1) is 7.18. The summed E-state index contributed by atoms with van der Waals surface area (Å²) in [7, 11) is 0. The molecule has 0 aromatic heterocycles. The summed E-state index contributed by atoms with van der Waals surface area (Å²) >= 11 is 1.95. The molecule has 0 aromatic carbocycles. The Kier molecular flexibility index (Phi) is 3.60. The average molecular weight is 227 g/mol. The third kappa shape index (κ3) is 2.49. The molecule has 1 amide bonds. The fraction of sp³-hybridized carbons (Fsp3) is 0.917. The van der Waals surface area contributed by atoms with Gasteiger partial charge in [-0.05, 0) is 33.1 Å². The molecule has 2 nitrogen and oxygen atoms in total. The molecule has 1 saturated carbocycles. The highest BCUT2D eigenvalue weighted by atomic mass is 32.2. The van der Waals surface area contributed by atoms with Gasteiger partial charge in [0.05, 0.1) is 5.25 Å². The molecule has 0 aromatic rings. The van der Waals surface area contributed by atoms with Gasteiger partial charge in [-0.15, -0.1) is 11.8 Å². The zero-order valence-corrected chi connectivity index (χ0v) is 10.6. The van der Waals surface area contributed by atoms with Crippen LogP contribution in [-0.2, 0) is 4.79 Å². The van der Waals surface area contributed by atoms with E-state index in [1.165, 1.54) is 25.7 Å². The Hall–Kier alpha value is -0.180. The van der Waals surface area contributed by atoms with Crippen molar-refractivity contribution in [3.63, 3.8) is 0 Å². The molecule has 0 bridgehead atoms. The SMILES string of the molecule is CC(C)N1CCC(SC2CCCC2)C1=O. The van der Waals surface area contributed by atoms with Crippen LogP contribution in [0.1, 0.15) is 46.0 Å². The summed E-state index contributed by atoms with van der Waals surface area (Å²) in [5.74, 6) is 0.391. The Morgan fingerprint density at radius 1 is 1.27 bits per heavy atom. The lowest BCUT2D eigenvalue weighted by atomic mass is 10.3. The van der Waals surface area contributed by atoms with Crippen LogP contribution in [0.15, 0.2) is 0 Å². The maximum absolute atomic E-state index is 12.0. The molecule has 15 heavy (non-hydrogen) atoms. The van der Waals surface area contributed by atoms with Crippen LogP contribution in [0.4, 0.5) is 0 Å². The number of carbonyl (C=O) groups excluding carboxylic acids is 1. The molecule has 2 fully saturated rings. The first kappa shape index (κ1) is 11.3. The Balaban J connectivity index is 1.86.